The van der Waals surface area contributed by atoms with Crippen LogP contribution in [0.3, 0.4) is 0 Å². The van der Waals surface area contributed by atoms with Crippen molar-refractivity contribution in [1.82, 2.24) is 4.90 Å². The van der Waals surface area contributed by atoms with Crippen LogP contribution in [-0.2, 0) is 6.54 Å². The maximum absolute atomic E-state index is 5.70. The van der Waals surface area contributed by atoms with E-state index in [1.54, 1.807) is 0 Å². The first-order valence-corrected chi connectivity index (χ1v) is 7.13. The van der Waals surface area contributed by atoms with Crippen LogP contribution in [0.25, 0.3) is 0 Å². The third-order valence-electron chi connectivity index (χ3n) is 3.24. The molecule has 0 radical (unpaired) electrons. The topological polar surface area (TPSA) is 32.5 Å². The summed E-state index contributed by atoms with van der Waals surface area (Å²) in [5, 5.41) is 0. The lowest BCUT2D eigenvalue weighted by Gasteiger charge is -2.29. The van der Waals surface area contributed by atoms with Crippen molar-refractivity contribution < 1.29 is 0 Å². The van der Waals surface area contributed by atoms with Crippen molar-refractivity contribution in [2.75, 3.05) is 38.6 Å². The van der Waals surface area contributed by atoms with E-state index in [0.29, 0.717) is 12.5 Å². The van der Waals surface area contributed by atoms with Gasteiger partial charge in [-0.15, -0.1) is 0 Å². The molecule has 2 N–H and O–H groups in total. The molecule has 1 aromatic rings. The molecule has 0 saturated heterocycles. The van der Waals surface area contributed by atoms with E-state index in [0.717, 1.165) is 19.6 Å². The van der Waals surface area contributed by atoms with Crippen molar-refractivity contribution in [3.05, 3.63) is 29.3 Å². The maximum Gasteiger partial charge on any atom is 0.0396 e. The first-order valence-electron chi connectivity index (χ1n) is 7.13. The molecule has 0 aliphatic rings. The Morgan fingerprint density at radius 1 is 1.16 bits per heavy atom. The number of hydrogen-bond donors (Lipinski definition) is 1. The average molecular weight is 263 g/mol. The van der Waals surface area contributed by atoms with Gasteiger partial charge in [-0.2, -0.15) is 0 Å². The molecule has 0 heterocycles. The summed E-state index contributed by atoms with van der Waals surface area (Å²) in [6, 6.07) is 6.57. The fourth-order valence-corrected chi connectivity index (χ4v) is 2.27. The van der Waals surface area contributed by atoms with E-state index in [2.05, 4.69) is 62.9 Å². The van der Waals surface area contributed by atoms with Gasteiger partial charge in [-0.3, -0.25) is 0 Å². The molecule has 0 amide bonds. The van der Waals surface area contributed by atoms with Crippen LogP contribution in [-0.4, -0.2) is 38.6 Å². The number of anilines is 1. The molecule has 0 atom stereocenters. The summed E-state index contributed by atoms with van der Waals surface area (Å²) in [4.78, 5) is 4.72. The molecule has 3 heteroatoms. The van der Waals surface area contributed by atoms with Gasteiger partial charge in [0.15, 0.2) is 0 Å². The van der Waals surface area contributed by atoms with Gasteiger partial charge >= 0.3 is 0 Å². The van der Waals surface area contributed by atoms with Crippen molar-refractivity contribution >= 4 is 5.69 Å². The minimum atomic E-state index is 0.614. The van der Waals surface area contributed by atoms with Crippen LogP contribution in [0.1, 0.15) is 25.0 Å². The predicted molar refractivity (Wildman–Crippen MR) is 84.7 cm³/mol. The normalized spacial score (nSPS) is 11.4. The van der Waals surface area contributed by atoms with Gasteiger partial charge in [0.2, 0.25) is 0 Å². The van der Waals surface area contributed by atoms with Gasteiger partial charge in [-0.25, -0.2) is 0 Å². The Bertz CT molecular complexity index is 386. The highest BCUT2D eigenvalue weighted by Crippen LogP contribution is 2.22. The molecule has 3 nitrogen and oxygen atoms in total. The van der Waals surface area contributed by atoms with E-state index in [1.165, 1.54) is 16.8 Å². The summed E-state index contributed by atoms with van der Waals surface area (Å²) in [6.07, 6.45) is 0. The molecular weight excluding hydrogens is 234 g/mol. The Hall–Kier alpha value is -1.06. The van der Waals surface area contributed by atoms with Crippen LogP contribution in [0.4, 0.5) is 5.69 Å². The Labute approximate surface area is 118 Å². The zero-order chi connectivity index (χ0) is 14.4. The average Bonchev–Trinajstić information content (AvgIpc) is 2.34. The summed E-state index contributed by atoms with van der Waals surface area (Å²) in [5.41, 5.74) is 9.57. The van der Waals surface area contributed by atoms with Gasteiger partial charge in [0.05, 0.1) is 0 Å². The summed E-state index contributed by atoms with van der Waals surface area (Å²) in [5.74, 6) is 0.663. The minimum Gasteiger partial charge on any atom is -0.370 e. The molecule has 108 valence electrons. The second-order valence-corrected chi connectivity index (χ2v) is 5.97. The number of nitrogens with two attached hydrogens (primary N) is 1. The second kappa shape index (κ2) is 7.51. The van der Waals surface area contributed by atoms with Gasteiger partial charge in [-0.05, 0) is 44.1 Å². The molecule has 0 unspecified atom stereocenters. The summed E-state index contributed by atoms with van der Waals surface area (Å²) in [6.45, 7) is 10.6. The first-order chi connectivity index (χ1) is 8.93. The molecule has 0 aromatic heterocycles. The van der Waals surface area contributed by atoms with Crippen molar-refractivity contribution in [2.24, 2.45) is 11.7 Å². The maximum atomic E-state index is 5.70. The van der Waals surface area contributed by atoms with Crippen LogP contribution < -0.4 is 10.6 Å². The van der Waals surface area contributed by atoms with Gasteiger partial charge in [-0.1, -0.05) is 26.0 Å². The van der Waals surface area contributed by atoms with E-state index in [1.807, 2.05) is 0 Å². The van der Waals surface area contributed by atoms with Gasteiger partial charge in [0.1, 0.15) is 0 Å². The molecular formula is C16H29N3. The Morgan fingerprint density at radius 2 is 1.84 bits per heavy atom. The van der Waals surface area contributed by atoms with E-state index in [-0.39, 0.29) is 0 Å². The number of likely N-dealkylation sites (N-methyl/N-ethyl adjacent to an activating group) is 1. The molecule has 0 saturated carbocycles. The lowest BCUT2D eigenvalue weighted by atomic mass is 10.1. The second-order valence-electron chi connectivity index (χ2n) is 5.97. The van der Waals surface area contributed by atoms with Crippen molar-refractivity contribution in [2.45, 2.75) is 27.3 Å². The van der Waals surface area contributed by atoms with Gasteiger partial charge in [0, 0.05) is 31.9 Å². The van der Waals surface area contributed by atoms with E-state index < -0.39 is 0 Å². The van der Waals surface area contributed by atoms with E-state index >= 15 is 0 Å². The molecule has 0 aliphatic carbocycles. The van der Waals surface area contributed by atoms with E-state index in [9.17, 15) is 0 Å². The van der Waals surface area contributed by atoms with Gasteiger partial charge < -0.3 is 15.5 Å². The Kier molecular flexibility index (Phi) is 6.32. The molecule has 0 bridgehead atoms. The zero-order valence-electron chi connectivity index (χ0n) is 13.1. The summed E-state index contributed by atoms with van der Waals surface area (Å²) >= 11 is 0. The molecule has 0 aliphatic heterocycles. The number of aryl methyl sites for hydroxylation is 1. The van der Waals surface area contributed by atoms with Crippen LogP contribution in [0.5, 0.6) is 0 Å². The van der Waals surface area contributed by atoms with Crippen molar-refractivity contribution in [3.63, 3.8) is 0 Å². The summed E-state index contributed by atoms with van der Waals surface area (Å²) in [7, 11) is 4.25. The lowest BCUT2D eigenvalue weighted by Crippen LogP contribution is -2.34. The largest absolute Gasteiger partial charge is 0.370 e. The highest BCUT2D eigenvalue weighted by Gasteiger charge is 2.11. The summed E-state index contributed by atoms with van der Waals surface area (Å²) < 4.78 is 0. The Morgan fingerprint density at radius 3 is 2.32 bits per heavy atom. The highest BCUT2D eigenvalue weighted by molar-refractivity contribution is 5.54. The molecule has 19 heavy (non-hydrogen) atoms. The molecule has 0 fully saturated rings. The monoisotopic (exact) mass is 263 g/mol. The standard InChI is InChI=1S/C16H29N3/c1-13(2)12-19(9-8-18(4)5)16-7-6-15(11-17)10-14(16)3/h6-7,10,13H,8-9,11-12,17H2,1-5H3. The smallest absolute Gasteiger partial charge is 0.0396 e. The number of rotatable bonds is 7. The minimum absolute atomic E-state index is 0.614. The fourth-order valence-electron chi connectivity index (χ4n) is 2.27. The molecule has 0 spiro atoms. The highest BCUT2D eigenvalue weighted by atomic mass is 15.2. The first kappa shape index (κ1) is 16.0. The lowest BCUT2D eigenvalue weighted by molar-refractivity contribution is 0.409. The van der Waals surface area contributed by atoms with Crippen LogP contribution in [0.15, 0.2) is 18.2 Å². The number of hydrogen-bond acceptors (Lipinski definition) is 3. The molecule has 1 aromatic carbocycles. The third-order valence-corrected chi connectivity index (χ3v) is 3.24. The molecule has 1 rings (SSSR count). The quantitative estimate of drug-likeness (QED) is 0.820. The van der Waals surface area contributed by atoms with Crippen LogP contribution in [0, 0.1) is 12.8 Å². The SMILES string of the molecule is Cc1cc(CN)ccc1N(CCN(C)C)CC(C)C. The number of benzene rings is 1. The van der Waals surface area contributed by atoms with Crippen molar-refractivity contribution in [3.8, 4) is 0 Å². The van der Waals surface area contributed by atoms with E-state index in [4.69, 9.17) is 5.73 Å². The zero-order valence-corrected chi connectivity index (χ0v) is 13.1. The fraction of sp³-hybridized carbons (Fsp3) is 0.625. The predicted octanol–water partition coefficient (Wildman–Crippen LogP) is 2.48. The van der Waals surface area contributed by atoms with Crippen LogP contribution >= 0.6 is 0 Å². The number of nitrogens with zero attached hydrogens (tertiary/aromatic N) is 2. The van der Waals surface area contributed by atoms with Gasteiger partial charge in [0.25, 0.3) is 0 Å². The van der Waals surface area contributed by atoms with Crippen LogP contribution in [0.2, 0.25) is 0 Å². The van der Waals surface area contributed by atoms with Crippen molar-refractivity contribution in [1.29, 1.82) is 0 Å². The third kappa shape index (κ3) is 5.21. The Balaban J connectivity index is 2.89.